The number of rotatable bonds is 2. The SMILES string of the molecule is C=CNN1CCCC1. The van der Waals surface area contributed by atoms with E-state index < -0.39 is 0 Å². The lowest BCUT2D eigenvalue weighted by Crippen LogP contribution is -2.30. The van der Waals surface area contributed by atoms with Gasteiger partial charge in [0.1, 0.15) is 0 Å². The van der Waals surface area contributed by atoms with Crippen LogP contribution in [0.15, 0.2) is 12.8 Å². The molecule has 1 aliphatic heterocycles. The van der Waals surface area contributed by atoms with E-state index in [4.69, 9.17) is 0 Å². The Morgan fingerprint density at radius 1 is 1.38 bits per heavy atom. The van der Waals surface area contributed by atoms with Gasteiger partial charge in [0.2, 0.25) is 0 Å². The van der Waals surface area contributed by atoms with Crippen LogP contribution in [0.3, 0.4) is 0 Å². The topological polar surface area (TPSA) is 15.3 Å². The smallest absolute Gasteiger partial charge is 0.0179 e. The van der Waals surface area contributed by atoms with Gasteiger partial charge in [-0.2, -0.15) is 0 Å². The Labute approximate surface area is 50.1 Å². The molecule has 0 aromatic carbocycles. The predicted octanol–water partition coefficient (Wildman–Crippen LogP) is 0.730. The maximum atomic E-state index is 3.57. The van der Waals surface area contributed by atoms with Crippen LogP contribution in [0.25, 0.3) is 0 Å². The van der Waals surface area contributed by atoms with E-state index in [2.05, 4.69) is 17.0 Å². The summed E-state index contributed by atoms with van der Waals surface area (Å²) in [6.45, 7) is 5.92. The minimum atomic E-state index is 1.17. The van der Waals surface area contributed by atoms with E-state index in [9.17, 15) is 0 Å². The van der Waals surface area contributed by atoms with Crippen LogP contribution in [-0.4, -0.2) is 18.1 Å². The Morgan fingerprint density at radius 2 is 2.00 bits per heavy atom. The van der Waals surface area contributed by atoms with Crippen LogP contribution < -0.4 is 5.43 Å². The van der Waals surface area contributed by atoms with E-state index >= 15 is 0 Å². The molecular formula is C6H12N2. The van der Waals surface area contributed by atoms with E-state index in [1.54, 1.807) is 6.20 Å². The summed E-state index contributed by atoms with van der Waals surface area (Å²) in [7, 11) is 0. The molecule has 2 nitrogen and oxygen atoms in total. The van der Waals surface area contributed by atoms with Crippen LogP contribution in [-0.2, 0) is 0 Å². The van der Waals surface area contributed by atoms with Gasteiger partial charge < -0.3 is 5.43 Å². The fraction of sp³-hybridized carbons (Fsp3) is 0.667. The highest BCUT2D eigenvalue weighted by molar-refractivity contribution is 4.67. The number of hydrogen-bond donors (Lipinski definition) is 1. The van der Waals surface area contributed by atoms with Crippen molar-refractivity contribution >= 4 is 0 Å². The first-order chi connectivity index (χ1) is 3.93. The monoisotopic (exact) mass is 112 g/mol. The Kier molecular flexibility index (Phi) is 1.92. The highest BCUT2D eigenvalue weighted by atomic mass is 15.5. The molecule has 1 fully saturated rings. The molecule has 0 saturated carbocycles. The summed E-state index contributed by atoms with van der Waals surface area (Å²) < 4.78 is 0. The third-order valence-electron chi connectivity index (χ3n) is 1.38. The van der Waals surface area contributed by atoms with Crippen LogP contribution in [0.2, 0.25) is 0 Å². The molecule has 0 radical (unpaired) electrons. The Balaban J connectivity index is 2.14. The second-order valence-electron chi connectivity index (χ2n) is 2.03. The van der Waals surface area contributed by atoms with Crippen LogP contribution in [0, 0.1) is 0 Å². The van der Waals surface area contributed by atoms with E-state index in [0.717, 1.165) is 0 Å². The fourth-order valence-corrected chi connectivity index (χ4v) is 0.975. The second-order valence-corrected chi connectivity index (χ2v) is 2.03. The molecule has 0 aromatic rings. The molecule has 0 bridgehead atoms. The number of hydrazine groups is 1. The molecule has 1 heterocycles. The molecule has 0 spiro atoms. The summed E-state index contributed by atoms with van der Waals surface area (Å²) in [6, 6.07) is 0. The summed E-state index contributed by atoms with van der Waals surface area (Å²) in [4.78, 5) is 0. The summed E-state index contributed by atoms with van der Waals surface area (Å²) >= 11 is 0. The lowest BCUT2D eigenvalue weighted by atomic mass is 10.4. The van der Waals surface area contributed by atoms with Crippen LogP contribution in [0.4, 0.5) is 0 Å². The maximum Gasteiger partial charge on any atom is 0.0179 e. The van der Waals surface area contributed by atoms with Gasteiger partial charge in [0.05, 0.1) is 0 Å². The molecule has 0 aliphatic carbocycles. The molecule has 46 valence electrons. The van der Waals surface area contributed by atoms with E-state index in [1.807, 2.05) is 0 Å². The molecular weight excluding hydrogens is 100 g/mol. The zero-order valence-electron chi connectivity index (χ0n) is 5.06. The first kappa shape index (κ1) is 5.63. The molecule has 0 amide bonds. The lowest BCUT2D eigenvalue weighted by molar-refractivity contribution is 0.279. The van der Waals surface area contributed by atoms with Crippen molar-refractivity contribution in [3.05, 3.63) is 12.8 Å². The van der Waals surface area contributed by atoms with Gasteiger partial charge in [-0.25, -0.2) is 5.01 Å². The number of hydrogen-bond acceptors (Lipinski definition) is 2. The van der Waals surface area contributed by atoms with Crippen molar-refractivity contribution in [2.45, 2.75) is 12.8 Å². The average molecular weight is 112 g/mol. The maximum absolute atomic E-state index is 3.57. The van der Waals surface area contributed by atoms with Crippen molar-refractivity contribution in [2.75, 3.05) is 13.1 Å². The van der Waals surface area contributed by atoms with Gasteiger partial charge in [-0.15, -0.1) is 0 Å². The minimum absolute atomic E-state index is 1.17. The van der Waals surface area contributed by atoms with Gasteiger partial charge in [-0.05, 0) is 12.8 Å². The summed E-state index contributed by atoms with van der Waals surface area (Å²) in [5.41, 5.74) is 3.04. The van der Waals surface area contributed by atoms with Crippen molar-refractivity contribution in [3.8, 4) is 0 Å². The molecule has 0 unspecified atom stereocenters. The highest BCUT2D eigenvalue weighted by Crippen LogP contribution is 2.02. The fourth-order valence-electron chi connectivity index (χ4n) is 0.975. The third kappa shape index (κ3) is 1.23. The van der Waals surface area contributed by atoms with Gasteiger partial charge in [0.15, 0.2) is 0 Å². The van der Waals surface area contributed by atoms with E-state index in [0.29, 0.717) is 0 Å². The van der Waals surface area contributed by atoms with Crippen molar-refractivity contribution in [1.82, 2.24) is 10.4 Å². The molecule has 1 N–H and O–H groups in total. The largest absolute Gasteiger partial charge is 0.327 e. The van der Waals surface area contributed by atoms with Crippen molar-refractivity contribution < 1.29 is 0 Å². The van der Waals surface area contributed by atoms with Gasteiger partial charge in [0, 0.05) is 19.3 Å². The summed E-state index contributed by atoms with van der Waals surface area (Å²) in [5, 5.41) is 2.17. The van der Waals surface area contributed by atoms with Crippen LogP contribution in [0.1, 0.15) is 12.8 Å². The van der Waals surface area contributed by atoms with Gasteiger partial charge >= 0.3 is 0 Å². The minimum Gasteiger partial charge on any atom is -0.327 e. The predicted molar refractivity (Wildman–Crippen MR) is 34.1 cm³/mol. The molecule has 8 heavy (non-hydrogen) atoms. The zero-order valence-corrected chi connectivity index (χ0v) is 5.06. The molecule has 0 aromatic heterocycles. The second kappa shape index (κ2) is 2.72. The molecule has 1 rings (SSSR count). The molecule has 1 saturated heterocycles. The van der Waals surface area contributed by atoms with Gasteiger partial charge in [-0.3, -0.25) is 0 Å². The Bertz CT molecular complexity index is 74.6. The third-order valence-corrected chi connectivity index (χ3v) is 1.38. The quantitative estimate of drug-likeness (QED) is 0.566. The zero-order chi connectivity index (χ0) is 5.82. The molecule has 1 aliphatic rings. The standard InChI is InChI=1S/C6H12N2/c1-2-7-8-5-3-4-6-8/h2,7H,1,3-6H2. The number of nitrogens with one attached hydrogen (secondary N) is 1. The Hall–Kier alpha value is -0.500. The van der Waals surface area contributed by atoms with E-state index in [1.165, 1.54) is 25.9 Å². The van der Waals surface area contributed by atoms with Crippen molar-refractivity contribution in [2.24, 2.45) is 0 Å². The molecule has 2 heteroatoms. The van der Waals surface area contributed by atoms with Crippen molar-refractivity contribution in [3.63, 3.8) is 0 Å². The van der Waals surface area contributed by atoms with Gasteiger partial charge in [-0.1, -0.05) is 6.58 Å². The van der Waals surface area contributed by atoms with Crippen molar-refractivity contribution in [1.29, 1.82) is 0 Å². The number of nitrogens with zero attached hydrogens (tertiary/aromatic N) is 1. The summed E-state index contributed by atoms with van der Waals surface area (Å²) in [5.74, 6) is 0. The first-order valence-corrected chi connectivity index (χ1v) is 3.05. The first-order valence-electron chi connectivity index (χ1n) is 3.05. The van der Waals surface area contributed by atoms with Crippen LogP contribution >= 0.6 is 0 Å². The summed E-state index contributed by atoms with van der Waals surface area (Å²) in [6.07, 6.45) is 4.37. The average Bonchev–Trinajstić information content (AvgIpc) is 2.19. The van der Waals surface area contributed by atoms with Crippen LogP contribution in [0.5, 0.6) is 0 Å². The molecule has 0 atom stereocenters. The van der Waals surface area contributed by atoms with Gasteiger partial charge in [0.25, 0.3) is 0 Å². The highest BCUT2D eigenvalue weighted by Gasteiger charge is 2.07. The van der Waals surface area contributed by atoms with E-state index in [-0.39, 0.29) is 0 Å². The normalized spacial score (nSPS) is 21.0. The lowest BCUT2D eigenvalue weighted by Gasteiger charge is -2.12. The Morgan fingerprint density at radius 3 is 2.50 bits per heavy atom.